The number of nitrogens with one attached hydrogen (secondary N) is 2. The molecule has 5 rings (SSSR count). The topological polar surface area (TPSA) is 71.3 Å². The maximum atomic E-state index is 13.5. The fraction of sp³-hybridized carbons (Fsp3) is 0.0667. The molecule has 2 amide bonds. The Morgan fingerprint density at radius 2 is 1.49 bits per heavy atom. The first-order valence-corrected chi connectivity index (χ1v) is 11.6. The zero-order valence-corrected chi connectivity index (χ0v) is 19.8. The molecule has 0 atom stereocenters. The maximum Gasteiger partial charge on any atom is 0.255 e. The van der Waals surface area contributed by atoms with E-state index in [1.165, 1.54) is 31.3 Å². The van der Waals surface area contributed by atoms with E-state index in [4.69, 9.17) is 4.42 Å². The molecule has 0 fully saturated rings. The van der Waals surface area contributed by atoms with Crippen LogP contribution in [0.25, 0.3) is 33.4 Å². The van der Waals surface area contributed by atoms with Gasteiger partial charge < -0.3 is 15.1 Å². The van der Waals surface area contributed by atoms with E-state index < -0.39 is 0 Å². The van der Waals surface area contributed by atoms with Gasteiger partial charge in [0, 0.05) is 30.1 Å². The van der Waals surface area contributed by atoms with Gasteiger partial charge in [-0.25, -0.2) is 8.78 Å². The second-order valence-corrected chi connectivity index (χ2v) is 8.50. The summed E-state index contributed by atoms with van der Waals surface area (Å²) in [5.41, 5.74) is 4.08. The standard InChI is InChI=1S/C30H22F2N2O3/c1-33-30(36)27-25-16-21(10-13-26(25)37-28(27)19-8-11-23(31)12-9-19)20-5-3-6-22(15-20)29(35)34-17-18-4-2-7-24(32)14-18/h2-16H,17H2,1H3,(H,33,36)(H,34,35). The van der Waals surface area contributed by atoms with Crippen molar-refractivity contribution in [2.45, 2.75) is 6.54 Å². The number of carbonyl (C=O) groups excluding carboxylic acids is 2. The van der Waals surface area contributed by atoms with Gasteiger partial charge in [-0.2, -0.15) is 0 Å². The molecule has 37 heavy (non-hydrogen) atoms. The zero-order chi connectivity index (χ0) is 25.9. The lowest BCUT2D eigenvalue weighted by Gasteiger charge is -2.08. The van der Waals surface area contributed by atoms with Crippen LogP contribution in [0.4, 0.5) is 8.78 Å². The minimum atomic E-state index is -0.386. The molecule has 7 heteroatoms. The molecule has 0 bridgehead atoms. The molecule has 0 aliphatic rings. The van der Waals surface area contributed by atoms with Gasteiger partial charge >= 0.3 is 0 Å². The van der Waals surface area contributed by atoms with Crippen molar-refractivity contribution in [3.05, 3.63) is 119 Å². The minimum absolute atomic E-state index is 0.198. The quantitative estimate of drug-likeness (QED) is 0.288. The van der Waals surface area contributed by atoms with Gasteiger partial charge in [0.2, 0.25) is 0 Å². The summed E-state index contributed by atoms with van der Waals surface area (Å²) >= 11 is 0. The fourth-order valence-corrected chi connectivity index (χ4v) is 4.20. The summed E-state index contributed by atoms with van der Waals surface area (Å²) in [7, 11) is 1.53. The van der Waals surface area contributed by atoms with Crippen LogP contribution >= 0.6 is 0 Å². The van der Waals surface area contributed by atoms with E-state index in [1.807, 2.05) is 18.2 Å². The number of carbonyl (C=O) groups is 2. The summed E-state index contributed by atoms with van der Waals surface area (Å²) in [6.45, 7) is 0.198. The Balaban J connectivity index is 1.48. The molecule has 184 valence electrons. The number of hydrogen-bond donors (Lipinski definition) is 2. The monoisotopic (exact) mass is 496 g/mol. The van der Waals surface area contributed by atoms with Crippen LogP contribution in [0.15, 0.2) is 95.4 Å². The molecule has 5 nitrogen and oxygen atoms in total. The highest BCUT2D eigenvalue weighted by Crippen LogP contribution is 2.36. The van der Waals surface area contributed by atoms with Crippen molar-refractivity contribution in [1.82, 2.24) is 10.6 Å². The van der Waals surface area contributed by atoms with Crippen molar-refractivity contribution in [2.24, 2.45) is 0 Å². The Labute approximate surface area is 211 Å². The van der Waals surface area contributed by atoms with Crippen LogP contribution in [-0.4, -0.2) is 18.9 Å². The van der Waals surface area contributed by atoms with Gasteiger partial charge in [-0.3, -0.25) is 9.59 Å². The van der Waals surface area contributed by atoms with Gasteiger partial charge in [-0.05, 0) is 77.4 Å². The normalized spacial score (nSPS) is 10.9. The predicted molar refractivity (Wildman–Crippen MR) is 138 cm³/mol. The number of fused-ring (bicyclic) bond motifs is 1. The Morgan fingerprint density at radius 3 is 2.24 bits per heavy atom. The van der Waals surface area contributed by atoms with E-state index in [2.05, 4.69) is 10.6 Å². The Bertz CT molecular complexity index is 1620. The minimum Gasteiger partial charge on any atom is -0.455 e. The van der Waals surface area contributed by atoms with Gasteiger partial charge in [-0.15, -0.1) is 0 Å². The molecule has 0 saturated carbocycles. The highest BCUT2D eigenvalue weighted by atomic mass is 19.1. The van der Waals surface area contributed by atoms with E-state index in [-0.39, 0.29) is 30.0 Å². The van der Waals surface area contributed by atoms with Crippen LogP contribution in [0.5, 0.6) is 0 Å². The summed E-state index contributed by atoms with van der Waals surface area (Å²) in [6.07, 6.45) is 0. The first-order valence-electron chi connectivity index (χ1n) is 11.6. The molecule has 0 radical (unpaired) electrons. The van der Waals surface area contributed by atoms with E-state index >= 15 is 0 Å². The van der Waals surface area contributed by atoms with Gasteiger partial charge in [-0.1, -0.05) is 30.3 Å². The van der Waals surface area contributed by atoms with Gasteiger partial charge in [0.25, 0.3) is 11.8 Å². The van der Waals surface area contributed by atoms with Crippen LogP contribution in [0.1, 0.15) is 26.3 Å². The van der Waals surface area contributed by atoms with E-state index in [0.29, 0.717) is 39.0 Å². The lowest BCUT2D eigenvalue weighted by Crippen LogP contribution is -2.22. The maximum absolute atomic E-state index is 13.5. The van der Waals surface area contributed by atoms with Crippen molar-refractivity contribution in [3.8, 4) is 22.5 Å². The average molecular weight is 497 g/mol. The molecule has 0 aliphatic heterocycles. The summed E-state index contributed by atoms with van der Waals surface area (Å²) < 4.78 is 32.9. The van der Waals surface area contributed by atoms with Crippen molar-refractivity contribution in [2.75, 3.05) is 7.05 Å². The molecule has 4 aromatic carbocycles. The molecule has 0 spiro atoms. The average Bonchev–Trinajstić information content (AvgIpc) is 3.30. The van der Waals surface area contributed by atoms with E-state index in [9.17, 15) is 18.4 Å². The third kappa shape index (κ3) is 4.97. The van der Waals surface area contributed by atoms with Crippen LogP contribution in [0, 0.1) is 11.6 Å². The number of hydrogen-bond acceptors (Lipinski definition) is 3. The predicted octanol–water partition coefficient (Wildman–Crippen LogP) is 6.33. The van der Waals surface area contributed by atoms with E-state index in [0.717, 1.165) is 11.1 Å². The molecule has 0 unspecified atom stereocenters. The molecule has 1 heterocycles. The molecular weight excluding hydrogens is 474 g/mol. The largest absolute Gasteiger partial charge is 0.455 e. The number of amides is 2. The number of furan rings is 1. The van der Waals surface area contributed by atoms with Crippen molar-refractivity contribution < 1.29 is 22.8 Å². The van der Waals surface area contributed by atoms with E-state index in [1.54, 1.807) is 48.5 Å². The molecule has 1 aromatic heterocycles. The number of benzene rings is 4. The van der Waals surface area contributed by atoms with Crippen LogP contribution in [0.3, 0.4) is 0 Å². The molecule has 2 N–H and O–H groups in total. The summed E-state index contributed by atoms with van der Waals surface area (Å²) in [5, 5.41) is 6.05. The molecular formula is C30H22F2N2O3. The third-order valence-electron chi connectivity index (χ3n) is 6.05. The number of rotatable bonds is 6. The van der Waals surface area contributed by atoms with Crippen LogP contribution in [-0.2, 0) is 6.54 Å². The summed E-state index contributed by atoms with van der Waals surface area (Å²) in [4.78, 5) is 25.6. The highest BCUT2D eigenvalue weighted by Gasteiger charge is 2.22. The second kappa shape index (κ2) is 10.1. The van der Waals surface area contributed by atoms with Gasteiger partial charge in [0.05, 0.1) is 5.56 Å². The first kappa shape index (κ1) is 23.9. The lowest BCUT2D eigenvalue weighted by molar-refractivity contribution is 0.0947. The first-order chi connectivity index (χ1) is 17.9. The smallest absolute Gasteiger partial charge is 0.255 e. The second-order valence-electron chi connectivity index (χ2n) is 8.50. The zero-order valence-electron chi connectivity index (χ0n) is 19.8. The Morgan fingerprint density at radius 1 is 0.757 bits per heavy atom. The summed E-state index contributed by atoms with van der Waals surface area (Å²) in [5.74, 6) is -1.02. The molecule has 0 aliphatic carbocycles. The van der Waals surface area contributed by atoms with Gasteiger partial charge in [0.1, 0.15) is 23.0 Å². The summed E-state index contributed by atoms with van der Waals surface area (Å²) in [6, 6.07) is 24.3. The fourth-order valence-electron chi connectivity index (χ4n) is 4.20. The molecule has 5 aromatic rings. The third-order valence-corrected chi connectivity index (χ3v) is 6.05. The Hall–Kier alpha value is -4.78. The van der Waals surface area contributed by atoms with Crippen molar-refractivity contribution >= 4 is 22.8 Å². The molecule has 0 saturated heterocycles. The number of halogens is 2. The van der Waals surface area contributed by atoms with Gasteiger partial charge in [0.15, 0.2) is 0 Å². The van der Waals surface area contributed by atoms with Crippen molar-refractivity contribution in [1.29, 1.82) is 0 Å². The Kier molecular flexibility index (Phi) is 6.51. The van der Waals surface area contributed by atoms with Crippen molar-refractivity contribution in [3.63, 3.8) is 0 Å². The van der Waals surface area contributed by atoms with Crippen LogP contribution < -0.4 is 10.6 Å². The SMILES string of the molecule is CNC(=O)c1c(-c2ccc(F)cc2)oc2ccc(-c3cccc(C(=O)NCc4cccc(F)c4)c3)cc12. The van der Waals surface area contributed by atoms with Crippen LogP contribution in [0.2, 0.25) is 0 Å². The highest BCUT2D eigenvalue weighted by molar-refractivity contribution is 6.11. The lowest BCUT2D eigenvalue weighted by atomic mass is 9.99.